The van der Waals surface area contributed by atoms with E-state index >= 15 is 0 Å². The average molecular weight is 383 g/mol. The van der Waals surface area contributed by atoms with Crippen LogP contribution in [0.15, 0.2) is 24.3 Å². The molecule has 5 heteroatoms. The van der Waals surface area contributed by atoms with Crippen LogP contribution < -0.4 is 10.2 Å². The van der Waals surface area contributed by atoms with E-state index in [0.717, 1.165) is 38.3 Å². The number of benzene rings is 1. The number of halogens is 1. The van der Waals surface area contributed by atoms with E-state index in [0.29, 0.717) is 11.3 Å². The molecule has 4 nitrogen and oxygen atoms in total. The molecule has 1 aromatic heterocycles. The minimum absolute atomic E-state index is 0.228. The summed E-state index contributed by atoms with van der Waals surface area (Å²) < 4.78 is 0. The second-order valence-corrected chi connectivity index (χ2v) is 8.79. The SMILES string of the molecule is C[C@H]1CNCCN1c1nc(Cl)nc2c1CCC1(CCCc3ccccc31)C2. The average Bonchev–Trinajstić information content (AvgIpc) is 2.68. The highest BCUT2D eigenvalue weighted by Crippen LogP contribution is 2.47. The number of nitrogens with one attached hydrogen (secondary N) is 1. The molecule has 1 N–H and O–H groups in total. The van der Waals surface area contributed by atoms with Gasteiger partial charge in [-0.3, -0.25) is 0 Å². The molecule has 2 atom stereocenters. The van der Waals surface area contributed by atoms with Crippen LogP contribution in [0, 0.1) is 0 Å². The second-order valence-electron chi connectivity index (χ2n) is 8.46. The van der Waals surface area contributed by atoms with E-state index in [1.165, 1.54) is 42.5 Å². The predicted molar refractivity (Wildman–Crippen MR) is 110 cm³/mol. The summed E-state index contributed by atoms with van der Waals surface area (Å²) in [6.45, 7) is 5.23. The zero-order valence-corrected chi connectivity index (χ0v) is 16.7. The van der Waals surface area contributed by atoms with E-state index in [9.17, 15) is 0 Å². The zero-order valence-electron chi connectivity index (χ0n) is 16.0. The number of nitrogens with zero attached hydrogens (tertiary/aromatic N) is 3. The Bertz CT molecular complexity index is 867. The molecule has 2 heterocycles. The molecule has 2 aliphatic carbocycles. The first-order valence-corrected chi connectivity index (χ1v) is 10.7. The minimum atomic E-state index is 0.228. The number of rotatable bonds is 1. The molecule has 5 rings (SSSR count). The van der Waals surface area contributed by atoms with Gasteiger partial charge in [0.05, 0.1) is 5.69 Å². The van der Waals surface area contributed by atoms with Crippen molar-refractivity contribution in [3.05, 3.63) is 51.9 Å². The van der Waals surface area contributed by atoms with Gasteiger partial charge in [0.1, 0.15) is 5.82 Å². The smallest absolute Gasteiger partial charge is 0.224 e. The summed E-state index contributed by atoms with van der Waals surface area (Å²) >= 11 is 6.41. The van der Waals surface area contributed by atoms with E-state index in [1.807, 2.05) is 0 Å². The highest BCUT2D eigenvalue weighted by Gasteiger charge is 2.41. The van der Waals surface area contributed by atoms with E-state index in [1.54, 1.807) is 5.56 Å². The van der Waals surface area contributed by atoms with Gasteiger partial charge in [-0.25, -0.2) is 9.97 Å². The molecule has 3 aliphatic rings. The minimum Gasteiger partial charge on any atom is -0.351 e. The lowest BCUT2D eigenvalue weighted by atomic mass is 9.62. The first kappa shape index (κ1) is 17.4. The van der Waals surface area contributed by atoms with Gasteiger partial charge in [0.25, 0.3) is 0 Å². The highest BCUT2D eigenvalue weighted by molar-refractivity contribution is 6.28. The van der Waals surface area contributed by atoms with E-state index in [2.05, 4.69) is 41.4 Å². The van der Waals surface area contributed by atoms with Gasteiger partial charge in [0.2, 0.25) is 5.28 Å². The van der Waals surface area contributed by atoms with Crippen LogP contribution in [-0.4, -0.2) is 35.6 Å². The van der Waals surface area contributed by atoms with Gasteiger partial charge in [-0.05, 0) is 68.2 Å². The number of anilines is 1. The molecule has 1 fully saturated rings. The van der Waals surface area contributed by atoms with Gasteiger partial charge in [-0.2, -0.15) is 0 Å². The van der Waals surface area contributed by atoms with Crippen molar-refractivity contribution < 1.29 is 0 Å². The summed E-state index contributed by atoms with van der Waals surface area (Å²) in [6, 6.07) is 9.47. The van der Waals surface area contributed by atoms with Crippen molar-refractivity contribution in [2.45, 2.75) is 56.9 Å². The summed E-state index contributed by atoms with van der Waals surface area (Å²) in [5, 5.41) is 3.87. The van der Waals surface area contributed by atoms with Crippen molar-refractivity contribution >= 4 is 17.4 Å². The summed E-state index contributed by atoms with van der Waals surface area (Å²) in [4.78, 5) is 11.8. The third kappa shape index (κ3) is 2.94. The lowest BCUT2D eigenvalue weighted by Gasteiger charge is -2.44. The molecular formula is C22H27ClN4. The quantitative estimate of drug-likeness (QED) is 0.764. The monoisotopic (exact) mass is 382 g/mol. The van der Waals surface area contributed by atoms with Crippen LogP contribution in [0.5, 0.6) is 0 Å². The molecule has 1 aromatic carbocycles. The summed E-state index contributed by atoms with van der Waals surface area (Å²) in [6.07, 6.45) is 6.97. The molecule has 0 saturated carbocycles. The standard InChI is InChI=1S/C22H27ClN4/c1-15-14-24-11-12-27(15)20-17-8-10-22(13-19(17)25-21(23)26-20)9-4-6-16-5-2-3-7-18(16)22/h2-3,5,7,15,24H,4,6,8-14H2,1H3/t15-,22?/m0/s1. The van der Waals surface area contributed by atoms with E-state index < -0.39 is 0 Å². The number of aromatic nitrogens is 2. The molecule has 142 valence electrons. The number of hydrogen-bond acceptors (Lipinski definition) is 4. The topological polar surface area (TPSA) is 41.0 Å². The molecule has 1 unspecified atom stereocenters. The van der Waals surface area contributed by atoms with Gasteiger partial charge in [-0.1, -0.05) is 24.3 Å². The normalized spacial score (nSPS) is 27.3. The van der Waals surface area contributed by atoms with Crippen LogP contribution in [0.4, 0.5) is 5.82 Å². The van der Waals surface area contributed by atoms with Crippen LogP contribution in [-0.2, 0) is 24.7 Å². The van der Waals surface area contributed by atoms with Crippen LogP contribution in [0.3, 0.4) is 0 Å². The van der Waals surface area contributed by atoms with Gasteiger partial charge < -0.3 is 10.2 Å². The lowest BCUT2D eigenvalue weighted by molar-refractivity contribution is 0.312. The largest absolute Gasteiger partial charge is 0.351 e. The lowest BCUT2D eigenvalue weighted by Crippen LogP contribution is -2.51. The molecule has 1 saturated heterocycles. The number of aryl methyl sites for hydroxylation is 1. The van der Waals surface area contributed by atoms with Crippen molar-refractivity contribution in [2.75, 3.05) is 24.5 Å². The Morgan fingerprint density at radius 1 is 1.19 bits per heavy atom. The molecule has 1 spiro atoms. The van der Waals surface area contributed by atoms with Crippen LogP contribution in [0.2, 0.25) is 5.28 Å². The third-order valence-electron chi connectivity index (χ3n) is 6.87. The number of piperazine rings is 1. The maximum absolute atomic E-state index is 6.41. The summed E-state index contributed by atoms with van der Waals surface area (Å²) in [5.74, 6) is 1.08. The Morgan fingerprint density at radius 3 is 2.96 bits per heavy atom. The number of hydrogen-bond donors (Lipinski definition) is 1. The van der Waals surface area contributed by atoms with Crippen molar-refractivity contribution in [3.63, 3.8) is 0 Å². The molecule has 27 heavy (non-hydrogen) atoms. The third-order valence-corrected chi connectivity index (χ3v) is 7.04. The van der Waals surface area contributed by atoms with Gasteiger partial charge >= 0.3 is 0 Å². The molecule has 2 aromatic rings. The maximum Gasteiger partial charge on any atom is 0.224 e. The summed E-state index contributed by atoms with van der Waals surface area (Å²) in [7, 11) is 0. The van der Waals surface area contributed by atoms with Crippen molar-refractivity contribution in [1.29, 1.82) is 0 Å². The Hall–Kier alpha value is -1.65. The van der Waals surface area contributed by atoms with Gasteiger partial charge in [0.15, 0.2) is 0 Å². The number of fused-ring (bicyclic) bond motifs is 3. The van der Waals surface area contributed by atoms with Crippen molar-refractivity contribution in [1.82, 2.24) is 15.3 Å². The highest BCUT2D eigenvalue weighted by atomic mass is 35.5. The fourth-order valence-electron chi connectivity index (χ4n) is 5.51. The molecule has 0 bridgehead atoms. The fourth-order valence-corrected chi connectivity index (χ4v) is 5.69. The first-order chi connectivity index (χ1) is 13.2. The van der Waals surface area contributed by atoms with E-state index in [4.69, 9.17) is 21.6 Å². The molecule has 0 radical (unpaired) electrons. The maximum atomic E-state index is 6.41. The van der Waals surface area contributed by atoms with Crippen LogP contribution in [0.25, 0.3) is 0 Å². The van der Waals surface area contributed by atoms with Crippen molar-refractivity contribution in [2.24, 2.45) is 0 Å². The van der Waals surface area contributed by atoms with Crippen LogP contribution >= 0.6 is 11.6 Å². The van der Waals surface area contributed by atoms with Crippen LogP contribution in [0.1, 0.15) is 48.6 Å². The molecule has 1 aliphatic heterocycles. The van der Waals surface area contributed by atoms with Crippen molar-refractivity contribution in [3.8, 4) is 0 Å². The fraction of sp³-hybridized carbons (Fsp3) is 0.545. The zero-order chi connectivity index (χ0) is 18.4. The Labute approximate surface area is 166 Å². The Balaban J connectivity index is 1.56. The molecule has 0 amide bonds. The summed E-state index contributed by atoms with van der Waals surface area (Å²) in [5.41, 5.74) is 5.82. The predicted octanol–water partition coefficient (Wildman–Crippen LogP) is 3.69. The Kier molecular flexibility index (Phi) is 4.36. The Morgan fingerprint density at radius 2 is 2.07 bits per heavy atom. The van der Waals surface area contributed by atoms with Gasteiger partial charge in [0, 0.05) is 36.7 Å². The van der Waals surface area contributed by atoms with E-state index in [-0.39, 0.29) is 5.41 Å². The molecular weight excluding hydrogens is 356 g/mol. The van der Waals surface area contributed by atoms with Gasteiger partial charge in [-0.15, -0.1) is 0 Å². The first-order valence-electron chi connectivity index (χ1n) is 10.3. The second kappa shape index (κ2) is 6.75.